The van der Waals surface area contributed by atoms with E-state index in [1.807, 2.05) is 0 Å². The Bertz CT molecular complexity index is 3120. The number of benzene rings is 5. The Morgan fingerprint density at radius 3 is 0.541 bits per heavy atom. The van der Waals surface area contributed by atoms with E-state index in [2.05, 4.69) is 351 Å². The highest BCUT2D eigenvalue weighted by molar-refractivity contribution is 6.72. The molecule has 0 aliphatic heterocycles. The molecule has 6 aliphatic carbocycles. The first-order valence-corrected chi connectivity index (χ1v) is 44.6. The first-order valence-electron chi connectivity index (χ1n) is 44.6. The summed E-state index contributed by atoms with van der Waals surface area (Å²) in [5.74, 6) is 1.78. The molecule has 5 aromatic carbocycles. The molecule has 0 saturated heterocycles. The van der Waals surface area contributed by atoms with E-state index in [0.717, 1.165) is 0 Å². The van der Waals surface area contributed by atoms with Crippen LogP contribution in [0.4, 0.5) is 0 Å². The Morgan fingerprint density at radius 1 is 0.220 bits per heavy atom. The summed E-state index contributed by atoms with van der Waals surface area (Å²) in [5.41, 5.74) is 25.9. The van der Waals surface area contributed by atoms with Crippen molar-refractivity contribution in [2.75, 3.05) is 70.5 Å². The van der Waals surface area contributed by atoms with Gasteiger partial charge in [0, 0.05) is 0 Å². The van der Waals surface area contributed by atoms with Crippen LogP contribution in [-0.2, 0) is 0 Å². The average Bonchev–Trinajstić information content (AvgIpc) is 1.49. The van der Waals surface area contributed by atoms with Crippen LogP contribution in [0.15, 0.2) is 91.0 Å². The molecule has 6 fully saturated rings. The quantitative estimate of drug-likeness (QED) is 0.0913. The van der Waals surface area contributed by atoms with Crippen molar-refractivity contribution in [1.82, 2.24) is 24.1 Å². The van der Waals surface area contributed by atoms with Crippen molar-refractivity contribution in [3.8, 4) is 0 Å². The van der Waals surface area contributed by atoms with Crippen LogP contribution >= 0.6 is 0 Å². The molecule has 0 atom stereocenters. The minimum Gasteiger partial charge on any atom is -0.344 e. The van der Waals surface area contributed by atoms with Crippen molar-refractivity contribution < 1.29 is 0 Å². The lowest BCUT2D eigenvalue weighted by molar-refractivity contribution is 0.0336. The van der Waals surface area contributed by atoms with Crippen molar-refractivity contribution in [2.45, 2.75) is 350 Å². The van der Waals surface area contributed by atoms with Crippen LogP contribution in [0.25, 0.3) is 0 Å². The third-order valence-corrected chi connectivity index (χ3v) is 30.1. The standard InChI is InChI=1S/C15H26BN.C13H22BN.2C13H24.C12H22.3C11H18BN/c1-11(2)13-9-8-10-14(12(3)4)15(13)16(5)17(6)7;1-10(2)12-9-7-8-11(3)13(12)14(4)15(5)6;2*1-12(8-4-3-5-9-12)13(2)10-6-7-11-13;1-11(7-3-4-8-11)12(2)9-5-6-10-12;3*1-9-7-6-8-10(2)11(9)12(3)13(4)5/h8-12H,1-7H3;7-10H,1-6H3;2*3-11H2,1-2H3;3-10H2,1-2H3;3*6-8H,1-5H3. The van der Waals surface area contributed by atoms with Crippen LogP contribution in [-0.4, -0.2) is 129 Å². The van der Waals surface area contributed by atoms with Gasteiger partial charge < -0.3 is 24.1 Å². The lowest BCUT2D eigenvalue weighted by Crippen LogP contribution is -2.45. The second-order valence-corrected chi connectivity index (χ2v) is 39.8. The number of hydrogen-bond acceptors (Lipinski definition) is 5. The Hall–Kier alpha value is -3.78. The molecule has 5 nitrogen and oxygen atoms in total. The normalized spacial score (nSPS) is 18.3. The van der Waals surface area contributed by atoms with Gasteiger partial charge in [-0.3, -0.25) is 0 Å². The molecule has 0 spiro atoms. The molecule has 5 aromatic rings. The zero-order chi connectivity index (χ0) is 82.2. The molecule has 6 saturated carbocycles. The van der Waals surface area contributed by atoms with Crippen LogP contribution in [0.2, 0.25) is 34.1 Å². The Kier molecular flexibility index (Phi) is 40.2. The molecule has 0 N–H and O–H groups in total. The van der Waals surface area contributed by atoms with Crippen molar-refractivity contribution in [3.63, 3.8) is 0 Å². The molecule has 0 unspecified atom stereocenters. The van der Waals surface area contributed by atoms with Gasteiger partial charge in [-0.25, -0.2) is 0 Å². The highest BCUT2D eigenvalue weighted by atomic mass is 15.0. The van der Waals surface area contributed by atoms with Crippen molar-refractivity contribution in [2.24, 2.45) is 32.5 Å². The Labute approximate surface area is 681 Å². The van der Waals surface area contributed by atoms with E-state index in [0.29, 0.717) is 84.5 Å². The summed E-state index contributed by atoms with van der Waals surface area (Å²) in [5, 5.41) is 0. The summed E-state index contributed by atoms with van der Waals surface area (Å²) in [6.45, 7) is 58.1. The lowest BCUT2D eigenvalue weighted by Gasteiger charge is -2.47. The summed E-state index contributed by atoms with van der Waals surface area (Å²) in [7, 11) is 21.3. The Balaban J connectivity index is 0.000000263. The number of nitrogens with zero attached hydrogens (tertiary/aromatic N) is 5. The van der Waals surface area contributed by atoms with Crippen molar-refractivity contribution >= 4 is 61.6 Å². The van der Waals surface area contributed by atoms with Gasteiger partial charge in [-0.2, -0.15) is 0 Å². The van der Waals surface area contributed by atoms with E-state index in [4.69, 9.17) is 0 Å². The van der Waals surface area contributed by atoms with Crippen LogP contribution in [0.3, 0.4) is 0 Å². The monoisotopic (exact) mass is 1490 g/mol. The van der Waals surface area contributed by atoms with E-state index in [9.17, 15) is 0 Å². The molecule has 10 heteroatoms. The molecule has 0 radical (unpaired) electrons. The van der Waals surface area contributed by atoms with Gasteiger partial charge in [-0.05, 0) is 263 Å². The maximum atomic E-state index is 2.57. The minimum absolute atomic E-state index is 0.478. The first kappa shape index (κ1) is 97.6. The van der Waals surface area contributed by atoms with Gasteiger partial charge in [0.15, 0.2) is 0 Å². The third kappa shape index (κ3) is 26.9. The zero-order valence-corrected chi connectivity index (χ0v) is 78.4. The smallest absolute Gasteiger partial charge is 0.254 e. The van der Waals surface area contributed by atoms with Gasteiger partial charge in [0.25, 0.3) is 34.2 Å². The summed E-state index contributed by atoms with van der Waals surface area (Å²) in [6.07, 6.45) is 38.9. The zero-order valence-electron chi connectivity index (χ0n) is 78.4. The molecule has 0 bridgehead atoms. The van der Waals surface area contributed by atoms with Crippen molar-refractivity contribution in [1.29, 1.82) is 0 Å². The molecule has 0 heterocycles. The van der Waals surface area contributed by atoms with E-state index < -0.39 is 0 Å². The number of hydrogen-bond donors (Lipinski definition) is 0. The van der Waals surface area contributed by atoms with Crippen LogP contribution in [0.5, 0.6) is 0 Å². The van der Waals surface area contributed by atoms with E-state index in [-0.39, 0.29) is 0 Å². The van der Waals surface area contributed by atoms with Gasteiger partial charge in [0.05, 0.1) is 0 Å². The molecule has 109 heavy (non-hydrogen) atoms. The number of aryl methyl sites for hydroxylation is 7. The minimum atomic E-state index is 0.478. The predicted octanol–water partition coefficient (Wildman–Crippen LogP) is 24.1. The second-order valence-electron chi connectivity index (χ2n) is 39.8. The SMILES string of the molecule is CB(c1c(C(C)C)cccc1C(C)C)N(C)C.CB(c1c(C)cccc1C(C)C)N(C)C.CB(c1c(C)cccc1C)N(C)C.CB(c1c(C)cccc1C)N(C)C.CB(c1c(C)cccc1C)N(C)C.CC1(C2(C)CCCC2)CCCC1.CC1(C2(C)CCCC2)CCCCC1.CC1(C2(C)CCCC2)CCCCC1. The van der Waals surface area contributed by atoms with E-state index in [1.165, 1.54) is 250 Å². The highest BCUT2D eigenvalue weighted by Crippen LogP contribution is 2.60. The molecular weight excluding hydrogens is 1310 g/mol. The van der Waals surface area contributed by atoms with Gasteiger partial charge in [-0.15, -0.1) is 0 Å². The molecule has 608 valence electrons. The van der Waals surface area contributed by atoms with E-state index in [1.54, 1.807) is 0 Å². The third-order valence-electron chi connectivity index (χ3n) is 30.1. The molecule has 0 amide bonds. The maximum absolute atomic E-state index is 2.57. The van der Waals surface area contributed by atoms with E-state index >= 15 is 0 Å². The maximum Gasteiger partial charge on any atom is 0.254 e. The average molecular weight is 1490 g/mol. The fourth-order valence-electron chi connectivity index (χ4n) is 20.5. The summed E-state index contributed by atoms with van der Waals surface area (Å²) < 4.78 is 0. The van der Waals surface area contributed by atoms with Crippen LogP contribution in [0, 0.1) is 81.0 Å². The molecule has 11 rings (SSSR count). The van der Waals surface area contributed by atoms with Gasteiger partial charge in [0.2, 0.25) is 0 Å². The van der Waals surface area contributed by atoms with Crippen molar-refractivity contribution in [3.05, 3.63) is 147 Å². The largest absolute Gasteiger partial charge is 0.344 e. The lowest BCUT2D eigenvalue weighted by atomic mass is 9.52. The molecule has 0 aromatic heterocycles. The predicted molar refractivity (Wildman–Crippen MR) is 501 cm³/mol. The molecule has 6 aliphatic rings. The van der Waals surface area contributed by atoms with Gasteiger partial charge in [0.1, 0.15) is 0 Å². The van der Waals surface area contributed by atoms with Gasteiger partial charge >= 0.3 is 0 Å². The fourth-order valence-corrected chi connectivity index (χ4v) is 20.5. The molecular formula is C99H172B5N5. The Morgan fingerprint density at radius 2 is 0.358 bits per heavy atom. The summed E-state index contributed by atoms with van der Waals surface area (Å²) in [4.78, 5) is 11.3. The van der Waals surface area contributed by atoms with Crippen LogP contribution in [0.1, 0.15) is 323 Å². The second kappa shape index (κ2) is 44.9. The topological polar surface area (TPSA) is 16.2 Å². The van der Waals surface area contributed by atoms with Gasteiger partial charge in [-0.1, -0.05) is 364 Å². The van der Waals surface area contributed by atoms with Crippen LogP contribution < -0.4 is 27.3 Å². The first-order chi connectivity index (χ1) is 50.9. The summed E-state index contributed by atoms with van der Waals surface area (Å²) >= 11 is 0. The fraction of sp³-hybridized carbons (Fsp3) is 0.697. The summed E-state index contributed by atoms with van der Waals surface area (Å²) in [6, 6.07) is 32.9. The number of rotatable bonds is 16. The highest BCUT2D eigenvalue weighted by Gasteiger charge is 2.49.